The Labute approximate surface area is 116 Å². The number of aromatic carboxylic acids is 1. The summed E-state index contributed by atoms with van der Waals surface area (Å²) < 4.78 is 10.5. The highest BCUT2D eigenvalue weighted by atomic mass is 16.5. The Kier molecular flexibility index (Phi) is 4.57. The Morgan fingerprint density at radius 3 is 2.90 bits per heavy atom. The van der Waals surface area contributed by atoms with Crippen LogP contribution in [0.15, 0.2) is 18.2 Å². The number of benzene rings is 1. The molecule has 6 nitrogen and oxygen atoms in total. The fraction of sp³-hybridized carbons (Fsp3) is 0.429. The lowest BCUT2D eigenvalue weighted by atomic mass is 10.1. The highest BCUT2D eigenvalue weighted by Gasteiger charge is 2.20. The van der Waals surface area contributed by atoms with E-state index >= 15 is 0 Å². The number of hydrogen-bond donors (Lipinski definition) is 2. The Balaban J connectivity index is 2.07. The van der Waals surface area contributed by atoms with E-state index in [9.17, 15) is 9.59 Å². The minimum Gasteiger partial charge on any atom is -0.495 e. The number of nitrogens with one attached hydrogen (secondary N) is 1. The van der Waals surface area contributed by atoms with Crippen LogP contribution in [0, 0.1) is 0 Å². The van der Waals surface area contributed by atoms with Crippen LogP contribution in [0.5, 0.6) is 5.75 Å². The third-order valence-corrected chi connectivity index (χ3v) is 3.16. The van der Waals surface area contributed by atoms with Gasteiger partial charge in [0.05, 0.1) is 30.9 Å². The number of carbonyl (C=O) groups excluding carboxylic acids is 1. The van der Waals surface area contributed by atoms with Crippen LogP contribution in [0.25, 0.3) is 0 Å². The van der Waals surface area contributed by atoms with Gasteiger partial charge in [-0.1, -0.05) is 0 Å². The number of rotatable bonds is 5. The van der Waals surface area contributed by atoms with Gasteiger partial charge in [-0.2, -0.15) is 0 Å². The van der Waals surface area contributed by atoms with Crippen molar-refractivity contribution in [2.24, 2.45) is 0 Å². The number of carboxylic acid groups (broad SMARTS) is 1. The van der Waals surface area contributed by atoms with Crippen molar-refractivity contribution in [3.05, 3.63) is 23.8 Å². The van der Waals surface area contributed by atoms with E-state index in [1.807, 2.05) is 0 Å². The molecule has 1 aliphatic heterocycles. The molecule has 1 aliphatic rings. The summed E-state index contributed by atoms with van der Waals surface area (Å²) in [5.74, 6) is -0.837. The van der Waals surface area contributed by atoms with Crippen LogP contribution in [0.3, 0.4) is 0 Å². The van der Waals surface area contributed by atoms with Crippen molar-refractivity contribution < 1.29 is 24.2 Å². The molecular weight excluding hydrogens is 262 g/mol. The molecule has 108 valence electrons. The van der Waals surface area contributed by atoms with Crippen molar-refractivity contribution in [2.45, 2.75) is 25.4 Å². The van der Waals surface area contributed by atoms with Gasteiger partial charge in [0.1, 0.15) is 5.75 Å². The lowest BCUT2D eigenvalue weighted by Gasteiger charge is -2.13. The van der Waals surface area contributed by atoms with E-state index in [0.29, 0.717) is 18.0 Å². The summed E-state index contributed by atoms with van der Waals surface area (Å²) in [5.41, 5.74) is 0.452. The van der Waals surface area contributed by atoms with Gasteiger partial charge in [-0.25, -0.2) is 4.79 Å². The number of amides is 1. The normalized spacial score (nSPS) is 17.8. The van der Waals surface area contributed by atoms with Gasteiger partial charge < -0.3 is 19.9 Å². The maximum atomic E-state index is 11.9. The molecule has 0 aliphatic carbocycles. The third kappa shape index (κ3) is 3.48. The smallest absolute Gasteiger partial charge is 0.335 e. The van der Waals surface area contributed by atoms with Crippen molar-refractivity contribution in [3.63, 3.8) is 0 Å². The van der Waals surface area contributed by atoms with E-state index in [1.54, 1.807) is 0 Å². The molecule has 1 unspecified atom stereocenters. The first-order chi connectivity index (χ1) is 9.60. The fourth-order valence-corrected chi connectivity index (χ4v) is 2.15. The van der Waals surface area contributed by atoms with Gasteiger partial charge in [-0.05, 0) is 31.0 Å². The second-order valence-electron chi connectivity index (χ2n) is 4.61. The van der Waals surface area contributed by atoms with E-state index in [0.717, 1.165) is 12.8 Å². The zero-order chi connectivity index (χ0) is 14.5. The van der Waals surface area contributed by atoms with Crippen LogP contribution < -0.4 is 10.1 Å². The van der Waals surface area contributed by atoms with E-state index in [2.05, 4.69) is 5.32 Å². The summed E-state index contributed by atoms with van der Waals surface area (Å²) in [6.07, 6.45) is 2.05. The van der Waals surface area contributed by atoms with Crippen LogP contribution in [0.4, 0.5) is 5.69 Å². The molecule has 6 heteroatoms. The first kappa shape index (κ1) is 14.3. The van der Waals surface area contributed by atoms with Crippen molar-refractivity contribution in [1.29, 1.82) is 0 Å². The second kappa shape index (κ2) is 6.38. The van der Waals surface area contributed by atoms with Crippen LogP contribution in [0.1, 0.15) is 29.6 Å². The zero-order valence-electron chi connectivity index (χ0n) is 11.2. The molecule has 1 aromatic rings. The summed E-state index contributed by atoms with van der Waals surface area (Å²) >= 11 is 0. The highest BCUT2D eigenvalue weighted by Crippen LogP contribution is 2.26. The molecule has 0 aromatic heterocycles. The quantitative estimate of drug-likeness (QED) is 0.860. The minimum atomic E-state index is -1.05. The van der Waals surface area contributed by atoms with Gasteiger partial charge in [-0.3, -0.25) is 4.79 Å². The first-order valence-corrected chi connectivity index (χ1v) is 6.43. The van der Waals surface area contributed by atoms with Gasteiger partial charge in [0.25, 0.3) is 0 Å². The Bertz CT molecular complexity index is 508. The average molecular weight is 279 g/mol. The van der Waals surface area contributed by atoms with E-state index in [-0.39, 0.29) is 24.0 Å². The third-order valence-electron chi connectivity index (χ3n) is 3.16. The summed E-state index contributed by atoms with van der Waals surface area (Å²) in [7, 11) is 1.46. The topological polar surface area (TPSA) is 84.9 Å². The number of carboxylic acids is 1. The Morgan fingerprint density at radius 2 is 2.30 bits per heavy atom. The lowest BCUT2D eigenvalue weighted by molar-refractivity contribution is -0.118. The molecule has 20 heavy (non-hydrogen) atoms. The molecule has 1 fully saturated rings. The number of methoxy groups -OCH3 is 1. The fourth-order valence-electron chi connectivity index (χ4n) is 2.15. The van der Waals surface area contributed by atoms with E-state index in [1.165, 1.54) is 25.3 Å². The number of carbonyl (C=O) groups is 2. The SMILES string of the molecule is COc1ccc(C(=O)O)cc1NC(=O)CC1CCCO1. The molecule has 1 amide bonds. The summed E-state index contributed by atoms with van der Waals surface area (Å²) in [5, 5.41) is 11.6. The molecule has 2 N–H and O–H groups in total. The maximum Gasteiger partial charge on any atom is 0.335 e. The predicted molar refractivity (Wildman–Crippen MR) is 72.2 cm³/mol. The molecule has 0 radical (unpaired) electrons. The van der Waals surface area contributed by atoms with Crippen LogP contribution in [-0.4, -0.2) is 36.8 Å². The zero-order valence-corrected chi connectivity index (χ0v) is 11.2. The van der Waals surface area contributed by atoms with Crippen LogP contribution in [0.2, 0.25) is 0 Å². The second-order valence-corrected chi connectivity index (χ2v) is 4.61. The molecule has 2 rings (SSSR count). The standard InChI is InChI=1S/C14H17NO5/c1-19-12-5-4-9(14(17)18)7-11(12)15-13(16)8-10-3-2-6-20-10/h4-5,7,10H,2-3,6,8H2,1H3,(H,15,16)(H,17,18). The van der Waals surface area contributed by atoms with Crippen molar-refractivity contribution in [3.8, 4) is 5.75 Å². The molecule has 0 saturated carbocycles. The summed E-state index contributed by atoms with van der Waals surface area (Å²) in [6, 6.07) is 4.33. The van der Waals surface area contributed by atoms with Gasteiger partial charge >= 0.3 is 5.97 Å². The van der Waals surface area contributed by atoms with E-state index < -0.39 is 5.97 Å². The number of anilines is 1. The van der Waals surface area contributed by atoms with E-state index in [4.69, 9.17) is 14.6 Å². The lowest BCUT2D eigenvalue weighted by Crippen LogP contribution is -2.19. The van der Waals surface area contributed by atoms with Gasteiger partial charge in [0.2, 0.25) is 5.91 Å². The Morgan fingerprint density at radius 1 is 1.50 bits per heavy atom. The first-order valence-electron chi connectivity index (χ1n) is 6.43. The van der Waals surface area contributed by atoms with Gasteiger partial charge in [0, 0.05) is 6.61 Å². The number of ether oxygens (including phenoxy) is 2. The van der Waals surface area contributed by atoms with Gasteiger partial charge in [0.15, 0.2) is 0 Å². The average Bonchev–Trinajstić information content (AvgIpc) is 2.91. The van der Waals surface area contributed by atoms with Crippen molar-refractivity contribution in [2.75, 3.05) is 19.0 Å². The molecule has 1 aromatic carbocycles. The maximum absolute atomic E-state index is 11.9. The number of hydrogen-bond acceptors (Lipinski definition) is 4. The molecule has 1 atom stereocenters. The summed E-state index contributed by atoms with van der Waals surface area (Å²) in [6.45, 7) is 0.690. The van der Waals surface area contributed by atoms with Crippen LogP contribution in [-0.2, 0) is 9.53 Å². The van der Waals surface area contributed by atoms with Crippen molar-refractivity contribution in [1.82, 2.24) is 0 Å². The molecule has 0 spiro atoms. The minimum absolute atomic E-state index is 0.0522. The molecule has 1 saturated heterocycles. The monoisotopic (exact) mass is 279 g/mol. The highest BCUT2D eigenvalue weighted by molar-refractivity contribution is 5.95. The Hall–Kier alpha value is -2.08. The predicted octanol–water partition coefficient (Wildman–Crippen LogP) is 1.90. The molecule has 1 heterocycles. The van der Waals surface area contributed by atoms with Crippen LogP contribution >= 0.6 is 0 Å². The van der Waals surface area contributed by atoms with Crippen molar-refractivity contribution >= 4 is 17.6 Å². The molecular formula is C14H17NO5. The molecule has 0 bridgehead atoms. The largest absolute Gasteiger partial charge is 0.495 e. The summed E-state index contributed by atoms with van der Waals surface area (Å²) in [4.78, 5) is 22.9. The van der Waals surface area contributed by atoms with Gasteiger partial charge in [-0.15, -0.1) is 0 Å².